The zero-order valence-electron chi connectivity index (χ0n) is 15.2. The Balaban J connectivity index is 2.55. The lowest BCUT2D eigenvalue weighted by Crippen LogP contribution is -2.19. The summed E-state index contributed by atoms with van der Waals surface area (Å²) in [5, 5.41) is 0.976. The molecule has 0 bridgehead atoms. The second-order valence-corrected chi connectivity index (χ2v) is 8.56. The minimum atomic E-state index is -3.66. The fraction of sp³-hybridized carbons (Fsp3) is 0.400. The number of rotatable bonds is 8. The predicted molar refractivity (Wildman–Crippen MR) is 106 cm³/mol. The summed E-state index contributed by atoms with van der Waals surface area (Å²) in [7, 11) is -3.66. The highest BCUT2D eigenvalue weighted by molar-refractivity contribution is 7.73. The van der Waals surface area contributed by atoms with Crippen LogP contribution in [0, 0.1) is 0 Å². The van der Waals surface area contributed by atoms with Crippen LogP contribution in [-0.2, 0) is 30.2 Å². The minimum absolute atomic E-state index is 0.488. The smallest absolute Gasteiger partial charge is 0.258 e. The van der Waals surface area contributed by atoms with Crippen LogP contribution in [-0.4, -0.2) is 18.0 Å². The number of benzene rings is 2. The highest BCUT2D eigenvalue weighted by Gasteiger charge is 2.26. The van der Waals surface area contributed by atoms with Crippen molar-refractivity contribution in [2.24, 2.45) is 11.5 Å². The normalized spacial score (nSPS) is 11.7. The fourth-order valence-electron chi connectivity index (χ4n) is 3.02. The monoisotopic (exact) mass is 360 g/mol. The van der Waals surface area contributed by atoms with Gasteiger partial charge in [-0.3, -0.25) is 4.57 Å². The van der Waals surface area contributed by atoms with Crippen LogP contribution in [0.3, 0.4) is 0 Å². The van der Waals surface area contributed by atoms with Crippen LogP contribution in [0.15, 0.2) is 36.4 Å². The van der Waals surface area contributed by atoms with E-state index in [9.17, 15) is 9.46 Å². The summed E-state index contributed by atoms with van der Waals surface area (Å²) >= 11 is 0. The molecule has 2 aromatic rings. The predicted octanol–water partition coefficient (Wildman–Crippen LogP) is 2.04. The molecular weight excluding hydrogens is 331 g/mol. The summed E-state index contributed by atoms with van der Waals surface area (Å²) in [4.78, 5) is 11.0. The van der Waals surface area contributed by atoms with Gasteiger partial charge in [0.2, 0.25) is 0 Å². The standard InChI is InChI=1S/C20H29N2O2P/c1-3-15-9-17(5-7-21)13-19(11-15)25(23,24)20-12-16(4-2)10-18(14-20)6-8-22/h9-14H,3-8,21-22H2,1-2H3,(H,23,24). The van der Waals surface area contributed by atoms with E-state index in [1.54, 1.807) is 0 Å². The third-order valence-electron chi connectivity index (χ3n) is 4.46. The van der Waals surface area contributed by atoms with E-state index in [4.69, 9.17) is 11.5 Å². The lowest BCUT2D eigenvalue weighted by Gasteiger charge is -2.17. The van der Waals surface area contributed by atoms with Crippen molar-refractivity contribution < 1.29 is 9.46 Å². The third-order valence-corrected chi connectivity index (χ3v) is 6.37. The van der Waals surface area contributed by atoms with Gasteiger partial charge in [-0.25, -0.2) is 0 Å². The van der Waals surface area contributed by atoms with Gasteiger partial charge < -0.3 is 16.4 Å². The van der Waals surface area contributed by atoms with Gasteiger partial charge >= 0.3 is 0 Å². The lowest BCUT2D eigenvalue weighted by atomic mass is 10.1. The van der Waals surface area contributed by atoms with E-state index in [-0.39, 0.29) is 0 Å². The molecule has 0 aliphatic heterocycles. The van der Waals surface area contributed by atoms with Crippen molar-refractivity contribution in [2.75, 3.05) is 13.1 Å². The van der Waals surface area contributed by atoms with Crippen molar-refractivity contribution >= 4 is 18.0 Å². The maximum Gasteiger partial charge on any atom is 0.258 e. The first-order valence-corrected chi connectivity index (χ1v) is 10.6. The molecule has 0 aliphatic rings. The molecular formula is C20H29N2O2P. The second kappa shape index (κ2) is 8.77. The molecule has 0 aliphatic carbocycles. The van der Waals surface area contributed by atoms with E-state index in [0.29, 0.717) is 36.5 Å². The summed E-state index contributed by atoms with van der Waals surface area (Å²) < 4.78 is 13.4. The van der Waals surface area contributed by atoms with Gasteiger partial charge in [-0.15, -0.1) is 0 Å². The lowest BCUT2D eigenvalue weighted by molar-refractivity contribution is 0.501. The van der Waals surface area contributed by atoms with E-state index in [0.717, 1.165) is 35.1 Å². The van der Waals surface area contributed by atoms with Crippen molar-refractivity contribution in [3.63, 3.8) is 0 Å². The maximum atomic E-state index is 13.4. The van der Waals surface area contributed by atoms with Crippen LogP contribution in [0.2, 0.25) is 0 Å². The molecule has 0 heterocycles. The molecule has 0 saturated heterocycles. The number of nitrogens with two attached hydrogens (primary N) is 2. The number of aryl methyl sites for hydroxylation is 2. The summed E-state index contributed by atoms with van der Waals surface area (Å²) in [6.07, 6.45) is 3.04. The molecule has 0 saturated carbocycles. The Morgan fingerprint density at radius 2 is 1.12 bits per heavy atom. The summed E-state index contributed by atoms with van der Waals surface area (Å²) in [5.41, 5.74) is 15.5. The molecule has 0 atom stereocenters. The van der Waals surface area contributed by atoms with Gasteiger partial charge in [0.25, 0.3) is 7.37 Å². The van der Waals surface area contributed by atoms with Crippen LogP contribution in [0.1, 0.15) is 36.1 Å². The molecule has 0 spiro atoms. The highest BCUT2D eigenvalue weighted by Crippen LogP contribution is 2.39. The van der Waals surface area contributed by atoms with Crippen molar-refractivity contribution in [3.8, 4) is 0 Å². The largest absolute Gasteiger partial charge is 0.338 e. The SMILES string of the molecule is CCc1cc(CCN)cc(P(=O)(O)c2cc(CC)cc(CCN)c2)c1. The quantitative estimate of drug-likeness (QED) is 0.629. The Morgan fingerprint density at radius 3 is 1.44 bits per heavy atom. The van der Waals surface area contributed by atoms with E-state index in [1.807, 2.05) is 38.1 Å². The van der Waals surface area contributed by atoms with E-state index < -0.39 is 7.37 Å². The van der Waals surface area contributed by atoms with Gasteiger partial charge in [-0.1, -0.05) is 26.0 Å². The van der Waals surface area contributed by atoms with Gasteiger partial charge in [-0.05, 0) is 85.3 Å². The zero-order chi connectivity index (χ0) is 18.4. The van der Waals surface area contributed by atoms with Crippen molar-refractivity contribution in [2.45, 2.75) is 39.5 Å². The molecule has 136 valence electrons. The average molecular weight is 360 g/mol. The third kappa shape index (κ3) is 4.80. The molecule has 25 heavy (non-hydrogen) atoms. The molecule has 5 heteroatoms. The summed E-state index contributed by atoms with van der Waals surface area (Å²) in [6.45, 7) is 5.14. The Morgan fingerprint density at radius 1 is 0.760 bits per heavy atom. The Kier molecular flexibility index (Phi) is 6.97. The Labute approximate surface area is 150 Å². The Hall–Kier alpha value is -1.45. The van der Waals surface area contributed by atoms with Crippen LogP contribution < -0.4 is 22.1 Å². The minimum Gasteiger partial charge on any atom is -0.338 e. The zero-order valence-corrected chi connectivity index (χ0v) is 16.1. The van der Waals surface area contributed by atoms with Crippen molar-refractivity contribution in [3.05, 3.63) is 58.7 Å². The first kappa shape index (κ1) is 19.9. The van der Waals surface area contributed by atoms with Crippen LogP contribution in [0.25, 0.3) is 0 Å². The topological polar surface area (TPSA) is 89.3 Å². The molecule has 0 unspecified atom stereocenters. The maximum absolute atomic E-state index is 13.4. The molecule has 0 radical (unpaired) electrons. The van der Waals surface area contributed by atoms with Gasteiger partial charge in [-0.2, -0.15) is 0 Å². The number of hydrogen-bond acceptors (Lipinski definition) is 3. The van der Waals surface area contributed by atoms with Gasteiger partial charge in [0, 0.05) is 10.6 Å². The molecule has 0 aromatic heterocycles. The molecule has 4 nitrogen and oxygen atoms in total. The summed E-state index contributed by atoms with van der Waals surface area (Å²) in [6, 6.07) is 11.5. The van der Waals surface area contributed by atoms with Crippen molar-refractivity contribution in [1.29, 1.82) is 0 Å². The van der Waals surface area contributed by atoms with Crippen molar-refractivity contribution in [1.82, 2.24) is 0 Å². The van der Waals surface area contributed by atoms with E-state index >= 15 is 0 Å². The molecule has 0 amide bonds. The van der Waals surface area contributed by atoms with Gasteiger partial charge in [0.05, 0.1) is 0 Å². The number of hydrogen-bond donors (Lipinski definition) is 3. The molecule has 0 fully saturated rings. The first-order valence-electron chi connectivity index (χ1n) is 8.94. The van der Waals surface area contributed by atoms with E-state index in [2.05, 4.69) is 12.1 Å². The van der Waals surface area contributed by atoms with Gasteiger partial charge in [0.1, 0.15) is 0 Å². The first-order chi connectivity index (χ1) is 11.9. The fourth-order valence-corrected chi connectivity index (χ4v) is 4.68. The molecule has 5 N–H and O–H groups in total. The molecule has 2 rings (SSSR count). The molecule has 2 aromatic carbocycles. The van der Waals surface area contributed by atoms with Gasteiger partial charge in [0.15, 0.2) is 0 Å². The van der Waals surface area contributed by atoms with E-state index in [1.165, 1.54) is 0 Å². The van der Waals surface area contributed by atoms with Crippen LogP contribution in [0.5, 0.6) is 0 Å². The van der Waals surface area contributed by atoms with Crippen LogP contribution >= 0.6 is 7.37 Å². The Bertz CT molecular complexity index is 713. The second-order valence-electron chi connectivity index (χ2n) is 6.38. The van der Waals surface area contributed by atoms with Crippen LogP contribution in [0.4, 0.5) is 0 Å². The average Bonchev–Trinajstić information content (AvgIpc) is 2.61. The summed E-state index contributed by atoms with van der Waals surface area (Å²) in [5.74, 6) is 0. The highest BCUT2D eigenvalue weighted by atomic mass is 31.2.